The molecule has 1 aromatic rings. The molecule has 0 spiro atoms. The third-order valence-electron chi connectivity index (χ3n) is 3.31. The van der Waals surface area contributed by atoms with Gasteiger partial charge in [0.2, 0.25) is 0 Å². The van der Waals surface area contributed by atoms with Gasteiger partial charge in [0.1, 0.15) is 18.0 Å². The normalized spacial score (nSPS) is 17.7. The largest absolute Gasteiger partial charge is 0.370 e. The van der Waals surface area contributed by atoms with E-state index in [9.17, 15) is 0 Å². The minimum absolute atomic E-state index is 0.239. The van der Waals surface area contributed by atoms with E-state index in [0.717, 1.165) is 23.7 Å². The van der Waals surface area contributed by atoms with E-state index in [1.165, 1.54) is 19.3 Å². The van der Waals surface area contributed by atoms with Crippen molar-refractivity contribution < 1.29 is 0 Å². The molecule has 0 atom stereocenters. The summed E-state index contributed by atoms with van der Waals surface area (Å²) in [6.07, 6.45) is 5.39. The highest BCUT2D eigenvalue weighted by molar-refractivity contribution is 5.57. The lowest BCUT2D eigenvalue weighted by Gasteiger charge is -2.40. The second-order valence-corrected chi connectivity index (χ2v) is 4.77. The van der Waals surface area contributed by atoms with Gasteiger partial charge in [0.15, 0.2) is 0 Å². The van der Waals surface area contributed by atoms with Crippen LogP contribution in [0.2, 0.25) is 0 Å². The maximum atomic E-state index is 4.33. The van der Waals surface area contributed by atoms with Crippen molar-refractivity contribution in [2.75, 3.05) is 17.2 Å². The van der Waals surface area contributed by atoms with Crippen LogP contribution in [0.3, 0.4) is 0 Å². The Kier molecular flexibility index (Phi) is 2.99. The second kappa shape index (κ2) is 4.28. The monoisotopic (exact) mass is 220 g/mol. The molecule has 4 nitrogen and oxygen atoms in total. The number of hydrogen-bond acceptors (Lipinski definition) is 4. The zero-order chi connectivity index (χ0) is 11.6. The average Bonchev–Trinajstić information content (AvgIpc) is 2.22. The molecule has 1 aromatic heterocycles. The number of hydrogen-bond donors (Lipinski definition) is 2. The fourth-order valence-electron chi connectivity index (χ4n) is 2.04. The van der Waals surface area contributed by atoms with Gasteiger partial charge in [0.05, 0.1) is 0 Å². The smallest absolute Gasteiger partial charge is 0.134 e. The van der Waals surface area contributed by atoms with E-state index in [0.29, 0.717) is 0 Å². The van der Waals surface area contributed by atoms with Gasteiger partial charge in [-0.3, -0.25) is 0 Å². The van der Waals surface area contributed by atoms with Crippen molar-refractivity contribution in [3.05, 3.63) is 11.9 Å². The lowest BCUT2D eigenvalue weighted by molar-refractivity contribution is 0.305. The van der Waals surface area contributed by atoms with Crippen LogP contribution in [0.1, 0.15) is 38.7 Å². The minimum Gasteiger partial charge on any atom is -0.370 e. The predicted molar refractivity (Wildman–Crippen MR) is 66.8 cm³/mol. The highest BCUT2D eigenvalue weighted by Gasteiger charge is 2.32. The molecule has 0 bridgehead atoms. The molecular weight excluding hydrogens is 200 g/mol. The number of rotatable bonds is 4. The average molecular weight is 220 g/mol. The first-order chi connectivity index (χ1) is 7.64. The third-order valence-corrected chi connectivity index (χ3v) is 3.31. The molecule has 88 valence electrons. The number of nitrogens with one attached hydrogen (secondary N) is 2. The van der Waals surface area contributed by atoms with Crippen LogP contribution in [-0.2, 0) is 0 Å². The van der Waals surface area contributed by atoms with E-state index in [4.69, 9.17) is 0 Å². The van der Waals surface area contributed by atoms with Gasteiger partial charge in [-0.25, -0.2) is 9.97 Å². The molecule has 0 radical (unpaired) electrons. The Labute approximate surface area is 96.9 Å². The molecule has 0 amide bonds. The quantitative estimate of drug-likeness (QED) is 0.818. The molecule has 0 saturated heterocycles. The van der Waals surface area contributed by atoms with E-state index in [-0.39, 0.29) is 5.54 Å². The molecule has 1 saturated carbocycles. The summed E-state index contributed by atoms with van der Waals surface area (Å²) >= 11 is 0. The van der Waals surface area contributed by atoms with Gasteiger partial charge < -0.3 is 10.6 Å². The molecule has 1 aliphatic rings. The molecule has 4 heteroatoms. The standard InChI is InChI=1S/C12H20N4/c1-4-13-10-9(2)11(15-8-14-10)16-12(3)6-5-7-12/h8H,4-7H2,1-3H3,(H2,13,14,15,16). The molecule has 0 aromatic carbocycles. The summed E-state index contributed by atoms with van der Waals surface area (Å²) in [5, 5.41) is 6.78. The van der Waals surface area contributed by atoms with Crippen LogP contribution in [0.25, 0.3) is 0 Å². The van der Waals surface area contributed by atoms with E-state index in [2.05, 4.69) is 41.4 Å². The Morgan fingerprint density at radius 1 is 1.31 bits per heavy atom. The van der Waals surface area contributed by atoms with Crippen molar-refractivity contribution in [2.45, 2.75) is 45.6 Å². The van der Waals surface area contributed by atoms with E-state index >= 15 is 0 Å². The Morgan fingerprint density at radius 3 is 2.56 bits per heavy atom. The summed E-state index contributed by atoms with van der Waals surface area (Å²) in [4.78, 5) is 8.57. The van der Waals surface area contributed by atoms with Crippen LogP contribution in [0.5, 0.6) is 0 Å². The zero-order valence-corrected chi connectivity index (χ0v) is 10.3. The Balaban J connectivity index is 2.17. The second-order valence-electron chi connectivity index (χ2n) is 4.77. The molecule has 2 N–H and O–H groups in total. The van der Waals surface area contributed by atoms with Crippen molar-refractivity contribution in [3.8, 4) is 0 Å². The van der Waals surface area contributed by atoms with Crippen LogP contribution in [0, 0.1) is 6.92 Å². The predicted octanol–water partition coefficient (Wildman–Crippen LogP) is 2.57. The van der Waals surface area contributed by atoms with Gasteiger partial charge in [-0.2, -0.15) is 0 Å². The molecule has 2 rings (SSSR count). The van der Waals surface area contributed by atoms with Gasteiger partial charge in [-0.1, -0.05) is 0 Å². The maximum Gasteiger partial charge on any atom is 0.134 e. The lowest BCUT2D eigenvalue weighted by atomic mass is 9.78. The Bertz CT molecular complexity index is 371. The summed E-state index contributed by atoms with van der Waals surface area (Å²) in [7, 11) is 0. The summed E-state index contributed by atoms with van der Waals surface area (Å²) < 4.78 is 0. The van der Waals surface area contributed by atoms with Crippen molar-refractivity contribution in [1.29, 1.82) is 0 Å². The van der Waals surface area contributed by atoms with E-state index in [1.807, 2.05) is 0 Å². The highest BCUT2D eigenvalue weighted by atomic mass is 15.1. The first-order valence-corrected chi connectivity index (χ1v) is 5.98. The highest BCUT2D eigenvalue weighted by Crippen LogP contribution is 2.35. The van der Waals surface area contributed by atoms with Crippen molar-refractivity contribution >= 4 is 11.6 Å². The molecule has 1 aliphatic carbocycles. The first kappa shape index (κ1) is 11.2. The van der Waals surface area contributed by atoms with Gasteiger partial charge in [0.25, 0.3) is 0 Å². The van der Waals surface area contributed by atoms with Gasteiger partial charge in [-0.15, -0.1) is 0 Å². The zero-order valence-electron chi connectivity index (χ0n) is 10.3. The number of aromatic nitrogens is 2. The van der Waals surface area contributed by atoms with E-state index < -0.39 is 0 Å². The molecule has 0 unspecified atom stereocenters. The Hall–Kier alpha value is -1.32. The topological polar surface area (TPSA) is 49.8 Å². The van der Waals surface area contributed by atoms with Crippen LogP contribution < -0.4 is 10.6 Å². The van der Waals surface area contributed by atoms with Crippen molar-refractivity contribution in [2.24, 2.45) is 0 Å². The van der Waals surface area contributed by atoms with Crippen LogP contribution in [0.4, 0.5) is 11.6 Å². The summed E-state index contributed by atoms with van der Waals surface area (Å²) in [5.74, 6) is 1.90. The SMILES string of the molecule is CCNc1ncnc(NC2(C)CCC2)c1C. The lowest BCUT2D eigenvalue weighted by Crippen LogP contribution is -2.42. The molecule has 1 heterocycles. The van der Waals surface area contributed by atoms with Gasteiger partial charge in [0, 0.05) is 17.6 Å². The number of anilines is 2. The fraction of sp³-hybridized carbons (Fsp3) is 0.667. The van der Waals surface area contributed by atoms with Gasteiger partial charge >= 0.3 is 0 Å². The van der Waals surface area contributed by atoms with Crippen molar-refractivity contribution in [3.63, 3.8) is 0 Å². The Morgan fingerprint density at radius 2 is 2.00 bits per heavy atom. The molecule has 0 aliphatic heterocycles. The maximum absolute atomic E-state index is 4.33. The minimum atomic E-state index is 0.239. The fourth-order valence-corrected chi connectivity index (χ4v) is 2.04. The summed E-state index contributed by atoms with van der Waals surface area (Å²) in [6, 6.07) is 0. The number of nitrogens with zero attached hydrogens (tertiary/aromatic N) is 2. The van der Waals surface area contributed by atoms with Crippen molar-refractivity contribution in [1.82, 2.24) is 9.97 Å². The van der Waals surface area contributed by atoms with Crippen LogP contribution in [-0.4, -0.2) is 22.1 Å². The molecular formula is C12H20N4. The van der Waals surface area contributed by atoms with Gasteiger partial charge in [-0.05, 0) is 40.0 Å². The summed E-state index contributed by atoms with van der Waals surface area (Å²) in [5.41, 5.74) is 1.35. The summed E-state index contributed by atoms with van der Waals surface area (Å²) in [6.45, 7) is 7.27. The van der Waals surface area contributed by atoms with Crippen LogP contribution in [0.15, 0.2) is 6.33 Å². The third kappa shape index (κ3) is 2.10. The van der Waals surface area contributed by atoms with E-state index in [1.54, 1.807) is 6.33 Å². The van der Waals surface area contributed by atoms with Crippen LogP contribution >= 0.6 is 0 Å². The molecule has 16 heavy (non-hydrogen) atoms. The molecule has 1 fully saturated rings. The first-order valence-electron chi connectivity index (χ1n) is 5.98.